The van der Waals surface area contributed by atoms with E-state index in [1.165, 1.54) is 12.1 Å². The molecule has 18 nitrogen and oxygen atoms in total. The number of amides is 2. The molecule has 2 saturated heterocycles. The Kier molecular flexibility index (Phi) is 11.7. The lowest BCUT2D eigenvalue weighted by atomic mass is 9.82. The number of aromatic nitrogens is 3. The van der Waals surface area contributed by atoms with Gasteiger partial charge in [-0.3, -0.25) is 24.4 Å². The molecule has 0 radical (unpaired) electrons. The van der Waals surface area contributed by atoms with Crippen molar-refractivity contribution in [2.45, 2.75) is 93.9 Å². The Morgan fingerprint density at radius 2 is 1.75 bits per heavy atom. The van der Waals surface area contributed by atoms with Crippen molar-refractivity contribution in [3.63, 3.8) is 0 Å². The quantitative estimate of drug-likeness (QED) is 0.0632. The minimum absolute atomic E-state index is 0.0532. The largest absolute Gasteiger partial charge is 0.497 e. The summed E-state index contributed by atoms with van der Waals surface area (Å²) in [7, 11) is -0.936. The van der Waals surface area contributed by atoms with Gasteiger partial charge in [-0.25, -0.2) is 0 Å². The zero-order valence-electron chi connectivity index (χ0n) is 32.9. The molecule has 0 aliphatic carbocycles. The van der Waals surface area contributed by atoms with Gasteiger partial charge in [0, 0.05) is 55.1 Å². The Bertz CT molecular complexity index is 2190. The number of aliphatic hydroxyl groups excluding tert-OH is 5. The van der Waals surface area contributed by atoms with Crippen LogP contribution >= 0.6 is 0 Å². The third-order valence-electron chi connectivity index (χ3n) is 12.0. The van der Waals surface area contributed by atoms with Gasteiger partial charge in [0.05, 0.1) is 44.1 Å². The summed E-state index contributed by atoms with van der Waals surface area (Å²) in [4.78, 5) is 41.4. The van der Waals surface area contributed by atoms with E-state index < -0.39 is 67.2 Å². The van der Waals surface area contributed by atoms with Gasteiger partial charge in [-0.2, -0.15) is 0 Å². The van der Waals surface area contributed by atoms with Crippen LogP contribution in [0.4, 0.5) is 17.1 Å². The Hall–Kier alpha value is -5.12. The fourth-order valence-corrected chi connectivity index (χ4v) is 13.0. The lowest BCUT2D eigenvalue weighted by Crippen LogP contribution is -2.60. The van der Waals surface area contributed by atoms with Crippen molar-refractivity contribution in [1.29, 1.82) is 0 Å². The number of anilines is 2. The van der Waals surface area contributed by atoms with Gasteiger partial charge in [0.2, 0.25) is 0 Å². The van der Waals surface area contributed by atoms with Crippen LogP contribution in [0.25, 0.3) is 0 Å². The number of nitrogens with one attached hydrogen (secondary N) is 1. The average molecular weight is 833 g/mol. The smallest absolute Gasteiger partial charge is 0.269 e. The van der Waals surface area contributed by atoms with Crippen molar-refractivity contribution < 1.29 is 54.3 Å². The molecule has 9 atom stereocenters. The number of nitro benzene ring substituents is 1. The standard InChI is InChI=1S/C40H48N6O12Si/c1-22-36(59(3,4)28-12-10-27(56-2)11-13-28)31(15-17-44-21-25(16-18-47)42-43-44)58-40(22)29-19-26(46(54)55)9-14-30(29)45(39(40)53)20-23-5-7-24(8-6-23)41-37(51)35-33(49)32(48)34(50)38(52)57-35/h5-14,19,21-22,31-36,38,47-50,52H,15-18,20H2,1-4H3,(H,41,51)/t22-,31+,32+,33+,34-,35+,36-,38-,40+/m1/s1. The Morgan fingerprint density at radius 1 is 1.03 bits per heavy atom. The molecule has 0 saturated carbocycles. The number of aliphatic hydroxyl groups is 5. The second-order valence-electron chi connectivity index (χ2n) is 15.8. The van der Waals surface area contributed by atoms with Gasteiger partial charge in [-0.15, -0.1) is 5.10 Å². The van der Waals surface area contributed by atoms with Crippen LogP contribution in [-0.2, 0) is 44.2 Å². The number of carbonyl (C=O) groups excluding carboxylic acids is 2. The molecule has 3 aliphatic rings. The zero-order chi connectivity index (χ0) is 42.4. The molecule has 19 heteroatoms. The molecule has 6 N–H and O–H groups in total. The van der Waals surface area contributed by atoms with Gasteiger partial charge in [0.15, 0.2) is 18.0 Å². The van der Waals surface area contributed by atoms with Crippen LogP contribution in [0.5, 0.6) is 5.75 Å². The van der Waals surface area contributed by atoms with E-state index in [9.17, 15) is 40.4 Å². The van der Waals surface area contributed by atoms with Gasteiger partial charge in [-0.1, -0.05) is 54.7 Å². The minimum Gasteiger partial charge on any atom is -0.497 e. The number of hydrogen-bond donors (Lipinski definition) is 6. The Labute approximate surface area is 340 Å². The first-order valence-corrected chi connectivity index (χ1v) is 22.4. The molecule has 4 heterocycles. The Balaban J connectivity index is 1.20. The van der Waals surface area contributed by atoms with Crippen LogP contribution < -0.4 is 20.1 Å². The highest BCUT2D eigenvalue weighted by Gasteiger charge is 2.66. The topological polar surface area (TPSA) is 252 Å². The molecule has 2 amide bonds. The maximum atomic E-state index is 15.2. The molecule has 314 valence electrons. The molecular formula is C40H48N6O12Si. The summed E-state index contributed by atoms with van der Waals surface area (Å²) in [5.41, 5.74) is 0.544. The van der Waals surface area contributed by atoms with Crippen LogP contribution in [0.15, 0.2) is 72.9 Å². The van der Waals surface area contributed by atoms with E-state index in [0.29, 0.717) is 47.6 Å². The monoisotopic (exact) mass is 832 g/mol. The van der Waals surface area contributed by atoms with Crippen molar-refractivity contribution in [3.05, 3.63) is 99.9 Å². The fraction of sp³-hybridized carbons (Fsp3) is 0.450. The van der Waals surface area contributed by atoms with Crippen LogP contribution in [0.3, 0.4) is 0 Å². The van der Waals surface area contributed by atoms with Crippen molar-refractivity contribution in [3.8, 4) is 5.75 Å². The summed E-state index contributed by atoms with van der Waals surface area (Å²) in [5.74, 6) is -0.959. The number of hydrogen-bond acceptors (Lipinski definition) is 14. The van der Waals surface area contributed by atoms with Crippen molar-refractivity contribution >= 4 is 42.1 Å². The molecule has 59 heavy (non-hydrogen) atoms. The van der Waals surface area contributed by atoms with E-state index in [0.717, 1.165) is 5.19 Å². The second kappa shape index (κ2) is 16.5. The van der Waals surface area contributed by atoms with Gasteiger partial charge < -0.3 is 50.0 Å². The van der Waals surface area contributed by atoms with E-state index in [-0.39, 0.29) is 36.0 Å². The number of nitro groups is 1. The number of carbonyl (C=O) groups is 2. The molecule has 7 rings (SSSR count). The number of nitrogens with zero attached hydrogens (tertiary/aromatic N) is 5. The molecule has 0 unspecified atom stereocenters. The number of aryl methyl sites for hydroxylation is 1. The molecule has 0 bridgehead atoms. The normalized spacial score (nSPS) is 27.9. The van der Waals surface area contributed by atoms with Crippen molar-refractivity contribution in [1.82, 2.24) is 15.0 Å². The maximum absolute atomic E-state index is 15.2. The fourth-order valence-electron chi connectivity index (χ4n) is 8.95. The Morgan fingerprint density at radius 3 is 2.41 bits per heavy atom. The van der Waals surface area contributed by atoms with E-state index in [1.807, 2.05) is 31.2 Å². The predicted octanol–water partition coefficient (Wildman–Crippen LogP) is 1.32. The summed E-state index contributed by atoms with van der Waals surface area (Å²) in [6.07, 6.45) is -6.84. The first-order chi connectivity index (χ1) is 28.1. The summed E-state index contributed by atoms with van der Waals surface area (Å²) >= 11 is 0. The molecule has 1 aromatic heterocycles. The van der Waals surface area contributed by atoms with Crippen LogP contribution in [-0.4, -0.2) is 116 Å². The van der Waals surface area contributed by atoms with E-state index in [1.54, 1.807) is 53.2 Å². The van der Waals surface area contributed by atoms with Crippen LogP contribution in [0.2, 0.25) is 18.6 Å². The lowest BCUT2D eigenvalue weighted by molar-refractivity contribution is -0.385. The molecule has 3 aliphatic heterocycles. The highest BCUT2D eigenvalue weighted by Crippen LogP contribution is 2.60. The summed E-state index contributed by atoms with van der Waals surface area (Å²) in [5, 5.41) is 73.6. The van der Waals surface area contributed by atoms with E-state index >= 15 is 4.79 Å². The lowest BCUT2D eigenvalue weighted by Gasteiger charge is -2.37. The summed E-state index contributed by atoms with van der Waals surface area (Å²) in [6.45, 7) is 6.86. The van der Waals surface area contributed by atoms with Gasteiger partial charge in [-0.05, 0) is 47.9 Å². The summed E-state index contributed by atoms with van der Waals surface area (Å²) in [6, 6.07) is 18.8. The van der Waals surface area contributed by atoms with Crippen molar-refractivity contribution in [2.75, 3.05) is 23.9 Å². The molecule has 2 fully saturated rings. The first kappa shape index (κ1) is 42.0. The van der Waals surface area contributed by atoms with E-state index in [2.05, 4.69) is 28.7 Å². The SMILES string of the molecule is COc1ccc([Si](C)(C)[C@H]2[C@H](CCn3cc(CCO)nn3)O[C@@]3(C(=O)N(Cc4ccc(NC(=O)[C@H]5O[C@@H](O)[C@H](O)[C@@H](O)[C@@H]5O)cc4)c4ccc([N+](=O)[O-])cc43)[C@@H]2C)cc1. The predicted molar refractivity (Wildman–Crippen MR) is 213 cm³/mol. The molecular weight excluding hydrogens is 785 g/mol. The second-order valence-corrected chi connectivity index (χ2v) is 20.5. The maximum Gasteiger partial charge on any atom is 0.269 e. The highest BCUT2D eigenvalue weighted by molar-refractivity contribution is 6.91. The van der Waals surface area contributed by atoms with Gasteiger partial charge >= 0.3 is 0 Å². The molecule has 1 spiro atoms. The number of rotatable bonds is 13. The average Bonchev–Trinajstić information content (AvgIpc) is 3.87. The van der Waals surface area contributed by atoms with Crippen LogP contribution in [0, 0.1) is 16.0 Å². The number of methoxy groups -OCH3 is 1. The first-order valence-electron chi connectivity index (χ1n) is 19.3. The number of fused-ring (bicyclic) bond motifs is 2. The molecule has 4 aromatic rings. The number of ether oxygens (including phenoxy) is 3. The van der Waals surface area contributed by atoms with Crippen LogP contribution in [0.1, 0.15) is 30.2 Å². The van der Waals surface area contributed by atoms with Gasteiger partial charge in [0.1, 0.15) is 24.1 Å². The summed E-state index contributed by atoms with van der Waals surface area (Å²) < 4.78 is 19.3. The third-order valence-corrected chi connectivity index (χ3v) is 16.4. The van der Waals surface area contributed by atoms with Crippen molar-refractivity contribution in [2.24, 2.45) is 5.92 Å². The minimum atomic E-state index is -2.54. The zero-order valence-corrected chi connectivity index (χ0v) is 33.9. The molecule has 3 aromatic carbocycles. The highest BCUT2D eigenvalue weighted by atomic mass is 28.3. The third kappa shape index (κ3) is 7.64. The number of benzene rings is 3. The van der Waals surface area contributed by atoms with Gasteiger partial charge in [0.25, 0.3) is 17.5 Å². The van der Waals surface area contributed by atoms with E-state index in [4.69, 9.17) is 14.2 Å². The number of non-ortho nitro benzene ring substituents is 1.